The van der Waals surface area contributed by atoms with Gasteiger partial charge >= 0.3 is 12.0 Å². The molecule has 30 heavy (non-hydrogen) atoms. The average Bonchev–Trinajstić information content (AvgIpc) is 2.73. The smallest absolute Gasteiger partial charge is 0.331 e. The molecule has 3 amide bonds. The summed E-state index contributed by atoms with van der Waals surface area (Å²) in [6.07, 6.45) is 2.77. The molecule has 0 fully saturated rings. The highest BCUT2D eigenvalue weighted by Crippen LogP contribution is 2.30. The van der Waals surface area contributed by atoms with E-state index in [9.17, 15) is 14.4 Å². The van der Waals surface area contributed by atoms with E-state index >= 15 is 0 Å². The summed E-state index contributed by atoms with van der Waals surface area (Å²) in [5, 5.41) is 4.60. The number of anilines is 1. The Kier molecular flexibility index (Phi) is 8.92. The molecule has 0 unspecified atom stereocenters. The minimum Gasteiger partial charge on any atom is -0.490 e. The fourth-order valence-corrected chi connectivity index (χ4v) is 2.37. The molecule has 0 saturated carbocycles. The van der Waals surface area contributed by atoms with Crippen LogP contribution in [0.1, 0.15) is 19.4 Å². The van der Waals surface area contributed by atoms with E-state index in [0.29, 0.717) is 30.4 Å². The fourth-order valence-electron chi connectivity index (χ4n) is 2.37. The summed E-state index contributed by atoms with van der Waals surface area (Å²) in [5.74, 6) is -0.424. The molecule has 158 valence electrons. The lowest BCUT2D eigenvalue weighted by molar-refractivity contribution is -0.143. The minimum atomic E-state index is -0.762. The van der Waals surface area contributed by atoms with Crippen LogP contribution in [0.5, 0.6) is 11.5 Å². The van der Waals surface area contributed by atoms with Crippen molar-refractivity contribution >= 4 is 29.7 Å². The summed E-state index contributed by atoms with van der Waals surface area (Å²) < 4.78 is 15.8. The Labute approximate surface area is 174 Å². The van der Waals surface area contributed by atoms with Crippen molar-refractivity contribution in [1.82, 2.24) is 5.32 Å². The van der Waals surface area contributed by atoms with Crippen LogP contribution in [0.4, 0.5) is 10.5 Å². The third kappa shape index (κ3) is 7.67. The zero-order chi connectivity index (χ0) is 21.8. The van der Waals surface area contributed by atoms with Crippen LogP contribution in [0.25, 0.3) is 6.08 Å². The number of urea groups is 1. The van der Waals surface area contributed by atoms with Crippen LogP contribution in [0.15, 0.2) is 54.6 Å². The fraction of sp³-hybridized carbons (Fsp3) is 0.227. The quantitative estimate of drug-likeness (QED) is 0.483. The lowest BCUT2D eigenvalue weighted by atomic mass is 10.2. The topological polar surface area (TPSA) is 103 Å². The van der Waals surface area contributed by atoms with Gasteiger partial charge in [-0.2, -0.15) is 0 Å². The van der Waals surface area contributed by atoms with Crippen molar-refractivity contribution in [3.8, 4) is 11.5 Å². The molecule has 0 aliphatic heterocycles. The number of amides is 3. The number of hydrogen-bond donors (Lipinski definition) is 2. The Hall–Kier alpha value is -3.81. The molecule has 2 N–H and O–H groups in total. The van der Waals surface area contributed by atoms with Gasteiger partial charge in [0.25, 0.3) is 5.91 Å². The van der Waals surface area contributed by atoms with E-state index in [0.717, 1.165) is 5.56 Å². The number of esters is 1. The van der Waals surface area contributed by atoms with E-state index in [1.54, 1.807) is 24.3 Å². The molecule has 0 aliphatic rings. The number of benzene rings is 2. The van der Waals surface area contributed by atoms with Crippen molar-refractivity contribution in [3.63, 3.8) is 0 Å². The van der Waals surface area contributed by atoms with Crippen molar-refractivity contribution in [3.05, 3.63) is 60.2 Å². The van der Waals surface area contributed by atoms with Crippen molar-refractivity contribution in [1.29, 1.82) is 0 Å². The first-order valence-corrected chi connectivity index (χ1v) is 9.42. The van der Waals surface area contributed by atoms with Gasteiger partial charge in [-0.25, -0.2) is 9.59 Å². The second kappa shape index (κ2) is 11.9. The molecule has 0 heterocycles. The third-order valence-corrected chi connectivity index (χ3v) is 3.61. The molecule has 0 saturated heterocycles. The van der Waals surface area contributed by atoms with Gasteiger partial charge < -0.3 is 19.5 Å². The van der Waals surface area contributed by atoms with E-state index < -0.39 is 24.5 Å². The van der Waals surface area contributed by atoms with Gasteiger partial charge in [0.1, 0.15) is 0 Å². The zero-order valence-electron chi connectivity index (χ0n) is 16.8. The lowest BCUT2D eigenvalue weighted by Gasteiger charge is -2.13. The van der Waals surface area contributed by atoms with Gasteiger partial charge in [0, 0.05) is 17.8 Å². The number of carbonyl (C=O) groups is 3. The molecule has 2 aromatic carbocycles. The molecule has 0 aliphatic carbocycles. The van der Waals surface area contributed by atoms with Crippen LogP contribution in [-0.4, -0.2) is 37.7 Å². The first-order valence-electron chi connectivity index (χ1n) is 9.42. The molecule has 0 radical (unpaired) electrons. The second-order valence-corrected chi connectivity index (χ2v) is 5.88. The van der Waals surface area contributed by atoms with Crippen LogP contribution < -0.4 is 20.1 Å². The number of rotatable bonds is 9. The maximum absolute atomic E-state index is 12.0. The van der Waals surface area contributed by atoms with Crippen LogP contribution in [-0.2, 0) is 14.3 Å². The van der Waals surface area contributed by atoms with Crippen LogP contribution >= 0.6 is 0 Å². The zero-order valence-corrected chi connectivity index (χ0v) is 16.8. The monoisotopic (exact) mass is 412 g/mol. The summed E-state index contributed by atoms with van der Waals surface area (Å²) in [7, 11) is 0. The average molecular weight is 412 g/mol. The first-order chi connectivity index (χ1) is 14.5. The van der Waals surface area contributed by atoms with Crippen LogP contribution in [0.2, 0.25) is 0 Å². The maximum Gasteiger partial charge on any atom is 0.331 e. The van der Waals surface area contributed by atoms with Crippen molar-refractivity contribution < 1.29 is 28.6 Å². The van der Waals surface area contributed by atoms with Gasteiger partial charge in [0.2, 0.25) is 0 Å². The van der Waals surface area contributed by atoms with E-state index in [-0.39, 0.29) is 0 Å². The number of carbonyl (C=O) groups excluding carboxylic acids is 3. The molecular formula is C22H24N2O6. The van der Waals surface area contributed by atoms with Gasteiger partial charge in [-0.15, -0.1) is 0 Å². The Morgan fingerprint density at radius 3 is 2.33 bits per heavy atom. The number of ether oxygens (including phenoxy) is 3. The standard InChI is InChI=1S/C22H24N2O6/c1-3-28-18-12-11-17(14-19(18)29-4-2)23-22(27)24-20(25)15-30-21(26)13-10-16-8-6-5-7-9-16/h5-14H,3-4,15H2,1-2H3,(H2,23,24,25,27)/b13-10+. The highest BCUT2D eigenvalue weighted by Gasteiger charge is 2.12. The highest BCUT2D eigenvalue weighted by atomic mass is 16.5. The van der Waals surface area contributed by atoms with Crippen molar-refractivity contribution in [2.24, 2.45) is 0 Å². The van der Waals surface area contributed by atoms with Crippen LogP contribution in [0, 0.1) is 0 Å². The highest BCUT2D eigenvalue weighted by molar-refractivity contribution is 6.02. The predicted molar refractivity (Wildman–Crippen MR) is 112 cm³/mol. The number of hydrogen-bond acceptors (Lipinski definition) is 6. The maximum atomic E-state index is 12.0. The molecule has 0 aromatic heterocycles. The SMILES string of the molecule is CCOc1ccc(NC(=O)NC(=O)COC(=O)/C=C/c2ccccc2)cc1OCC. The number of imide groups is 1. The summed E-state index contributed by atoms with van der Waals surface area (Å²) in [6.45, 7) is 4.00. The number of nitrogens with one attached hydrogen (secondary N) is 2. The Balaban J connectivity index is 1.81. The largest absolute Gasteiger partial charge is 0.490 e. The first kappa shape index (κ1) is 22.5. The normalized spacial score (nSPS) is 10.3. The molecule has 2 rings (SSSR count). The van der Waals surface area contributed by atoms with Crippen LogP contribution in [0.3, 0.4) is 0 Å². The summed E-state index contributed by atoms with van der Waals surface area (Å²) in [5.41, 5.74) is 1.23. The van der Waals surface area contributed by atoms with Gasteiger partial charge in [-0.3, -0.25) is 10.1 Å². The van der Waals surface area contributed by atoms with E-state index in [1.165, 1.54) is 6.08 Å². The van der Waals surface area contributed by atoms with E-state index in [4.69, 9.17) is 14.2 Å². The third-order valence-electron chi connectivity index (χ3n) is 3.61. The van der Waals surface area contributed by atoms with Crippen molar-refractivity contribution in [2.45, 2.75) is 13.8 Å². The molecular weight excluding hydrogens is 388 g/mol. The minimum absolute atomic E-state index is 0.412. The second-order valence-electron chi connectivity index (χ2n) is 5.88. The molecule has 0 spiro atoms. The summed E-state index contributed by atoms with van der Waals surface area (Å²) in [4.78, 5) is 35.5. The van der Waals surface area contributed by atoms with Crippen molar-refractivity contribution in [2.75, 3.05) is 25.1 Å². The molecule has 2 aromatic rings. The molecule has 0 atom stereocenters. The Morgan fingerprint density at radius 1 is 0.933 bits per heavy atom. The Bertz CT molecular complexity index is 896. The van der Waals surface area contributed by atoms with Gasteiger partial charge in [0.05, 0.1) is 13.2 Å². The van der Waals surface area contributed by atoms with E-state index in [2.05, 4.69) is 10.6 Å². The Morgan fingerprint density at radius 2 is 1.63 bits per heavy atom. The molecule has 8 heteroatoms. The predicted octanol–water partition coefficient (Wildman–Crippen LogP) is 3.39. The summed E-state index contributed by atoms with van der Waals surface area (Å²) >= 11 is 0. The van der Waals surface area contributed by atoms with Gasteiger partial charge in [0.15, 0.2) is 18.1 Å². The molecule has 8 nitrogen and oxygen atoms in total. The summed E-state index contributed by atoms with van der Waals surface area (Å²) in [6, 6.07) is 13.3. The van der Waals surface area contributed by atoms with Gasteiger partial charge in [-0.1, -0.05) is 30.3 Å². The lowest BCUT2D eigenvalue weighted by Crippen LogP contribution is -2.37. The van der Waals surface area contributed by atoms with Gasteiger partial charge in [-0.05, 0) is 37.6 Å². The van der Waals surface area contributed by atoms with E-state index in [1.807, 2.05) is 44.2 Å². The molecule has 0 bridgehead atoms.